The molecule has 0 aliphatic rings. The minimum absolute atomic E-state index is 0.0275. The minimum Gasteiger partial charge on any atom is -0.355 e. The van der Waals surface area contributed by atoms with E-state index in [1.54, 1.807) is 0 Å². The zero-order chi connectivity index (χ0) is 15.3. The van der Waals surface area contributed by atoms with Crippen molar-refractivity contribution >= 4 is 11.7 Å². The molecule has 0 saturated carbocycles. The van der Waals surface area contributed by atoms with Crippen molar-refractivity contribution in [3.8, 4) is 0 Å². The fraction of sp³-hybridized carbons (Fsp3) is 0.867. The summed E-state index contributed by atoms with van der Waals surface area (Å²) in [6.45, 7) is 13.0. The molecule has 0 radical (unpaired) electrons. The second kappa shape index (κ2) is 7.04. The predicted molar refractivity (Wildman–Crippen MR) is 79.0 cm³/mol. The Labute approximate surface area is 117 Å². The summed E-state index contributed by atoms with van der Waals surface area (Å²) >= 11 is 0. The Morgan fingerprint density at radius 1 is 1.00 bits per heavy atom. The predicted octanol–water partition coefficient (Wildman–Crippen LogP) is 1.99. The SMILES string of the molecule is CNCCNC(=O)C(CC(=O)C(C)(C)C)C(C)(C)C. The van der Waals surface area contributed by atoms with Gasteiger partial charge >= 0.3 is 0 Å². The van der Waals surface area contributed by atoms with Crippen molar-refractivity contribution in [2.75, 3.05) is 20.1 Å². The summed E-state index contributed by atoms with van der Waals surface area (Å²) in [6.07, 6.45) is 0.304. The van der Waals surface area contributed by atoms with Gasteiger partial charge in [0, 0.05) is 30.8 Å². The van der Waals surface area contributed by atoms with Crippen LogP contribution in [0.25, 0.3) is 0 Å². The van der Waals surface area contributed by atoms with Gasteiger partial charge < -0.3 is 10.6 Å². The third kappa shape index (κ3) is 6.71. The van der Waals surface area contributed by atoms with E-state index in [0.29, 0.717) is 13.0 Å². The van der Waals surface area contributed by atoms with Crippen LogP contribution < -0.4 is 10.6 Å². The van der Waals surface area contributed by atoms with E-state index in [1.165, 1.54) is 0 Å². The maximum absolute atomic E-state index is 12.2. The molecule has 1 unspecified atom stereocenters. The molecule has 0 aliphatic heterocycles. The van der Waals surface area contributed by atoms with E-state index < -0.39 is 5.41 Å². The Balaban J connectivity index is 4.75. The maximum atomic E-state index is 12.2. The molecule has 0 bridgehead atoms. The number of ketones is 1. The van der Waals surface area contributed by atoms with Crippen LogP contribution in [0.15, 0.2) is 0 Å². The lowest BCUT2D eigenvalue weighted by Crippen LogP contribution is -2.42. The molecular formula is C15H30N2O2. The van der Waals surface area contributed by atoms with Crippen LogP contribution in [0.4, 0.5) is 0 Å². The molecule has 2 N–H and O–H groups in total. The maximum Gasteiger partial charge on any atom is 0.224 e. The molecule has 4 nitrogen and oxygen atoms in total. The van der Waals surface area contributed by atoms with Crippen LogP contribution in [0.1, 0.15) is 48.0 Å². The van der Waals surface area contributed by atoms with Crippen molar-refractivity contribution in [2.24, 2.45) is 16.7 Å². The van der Waals surface area contributed by atoms with Crippen molar-refractivity contribution < 1.29 is 9.59 Å². The lowest BCUT2D eigenvalue weighted by molar-refractivity contribution is -0.136. The van der Waals surface area contributed by atoms with E-state index in [4.69, 9.17) is 0 Å². The highest BCUT2D eigenvalue weighted by Gasteiger charge is 2.35. The van der Waals surface area contributed by atoms with E-state index in [9.17, 15) is 9.59 Å². The van der Waals surface area contributed by atoms with Gasteiger partial charge in [0.25, 0.3) is 0 Å². The van der Waals surface area contributed by atoms with Crippen LogP contribution in [0.3, 0.4) is 0 Å². The number of hydrogen-bond acceptors (Lipinski definition) is 3. The number of carbonyl (C=O) groups excluding carboxylic acids is 2. The number of hydrogen-bond donors (Lipinski definition) is 2. The standard InChI is InChI=1S/C15H30N2O2/c1-14(2,3)11(10-12(18)15(4,5)6)13(19)17-9-8-16-7/h11,16H,8-10H2,1-7H3,(H,17,19). The molecule has 0 saturated heterocycles. The molecular weight excluding hydrogens is 240 g/mol. The molecule has 0 heterocycles. The second-order valence-corrected chi connectivity index (χ2v) is 7.19. The fourth-order valence-corrected chi connectivity index (χ4v) is 1.72. The number of likely N-dealkylation sites (N-methyl/N-ethyl adjacent to an activating group) is 1. The summed E-state index contributed by atoms with van der Waals surface area (Å²) in [5.41, 5.74) is -0.612. The first-order valence-corrected chi connectivity index (χ1v) is 6.95. The number of carbonyl (C=O) groups is 2. The number of amides is 1. The van der Waals surface area contributed by atoms with Gasteiger partial charge in [0.1, 0.15) is 5.78 Å². The molecule has 0 rings (SSSR count). The molecule has 19 heavy (non-hydrogen) atoms. The van der Waals surface area contributed by atoms with Crippen LogP contribution in [0, 0.1) is 16.7 Å². The van der Waals surface area contributed by atoms with Gasteiger partial charge in [-0.25, -0.2) is 0 Å². The first-order valence-electron chi connectivity index (χ1n) is 6.95. The number of rotatable bonds is 6. The quantitative estimate of drug-likeness (QED) is 0.726. The van der Waals surface area contributed by atoms with Crippen molar-refractivity contribution in [3.05, 3.63) is 0 Å². The second-order valence-electron chi connectivity index (χ2n) is 7.19. The molecule has 0 aliphatic carbocycles. The van der Waals surface area contributed by atoms with Crippen molar-refractivity contribution in [3.63, 3.8) is 0 Å². The van der Waals surface area contributed by atoms with Gasteiger partial charge in [-0.3, -0.25) is 9.59 Å². The van der Waals surface area contributed by atoms with E-state index in [1.807, 2.05) is 48.6 Å². The van der Waals surface area contributed by atoms with Crippen molar-refractivity contribution in [2.45, 2.75) is 48.0 Å². The van der Waals surface area contributed by atoms with Crippen LogP contribution in [0.2, 0.25) is 0 Å². The highest BCUT2D eigenvalue weighted by Crippen LogP contribution is 2.32. The summed E-state index contributed by atoms with van der Waals surface area (Å²) in [4.78, 5) is 24.4. The minimum atomic E-state index is -0.394. The average molecular weight is 270 g/mol. The summed E-state index contributed by atoms with van der Waals surface area (Å²) < 4.78 is 0. The van der Waals surface area contributed by atoms with E-state index >= 15 is 0 Å². The van der Waals surface area contributed by atoms with Crippen molar-refractivity contribution in [1.29, 1.82) is 0 Å². The Morgan fingerprint density at radius 3 is 1.89 bits per heavy atom. The first-order chi connectivity index (χ1) is 8.50. The van der Waals surface area contributed by atoms with Crippen molar-refractivity contribution in [1.82, 2.24) is 10.6 Å². The molecule has 112 valence electrons. The normalized spacial score (nSPS) is 14.1. The lowest BCUT2D eigenvalue weighted by atomic mass is 9.74. The summed E-state index contributed by atoms with van der Waals surface area (Å²) in [6, 6.07) is 0. The molecule has 0 aromatic heterocycles. The summed E-state index contributed by atoms with van der Waals surface area (Å²) in [7, 11) is 1.84. The van der Waals surface area contributed by atoms with E-state index in [2.05, 4.69) is 10.6 Å². The highest BCUT2D eigenvalue weighted by molar-refractivity contribution is 5.89. The molecule has 0 fully saturated rings. The fourth-order valence-electron chi connectivity index (χ4n) is 1.72. The monoisotopic (exact) mass is 270 g/mol. The Morgan fingerprint density at radius 2 is 1.53 bits per heavy atom. The Hall–Kier alpha value is -0.900. The van der Waals surface area contributed by atoms with Gasteiger partial charge in [-0.1, -0.05) is 41.5 Å². The van der Waals surface area contributed by atoms with Gasteiger partial charge in [0.05, 0.1) is 0 Å². The number of Topliss-reactive ketones (excluding diaryl/α,β-unsaturated/α-hetero) is 1. The van der Waals surface area contributed by atoms with Crippen LogP contribution >= 0.6 is 0 Å². The smallest absolute Gasteiger partial charge is 0.224 e. The van der Waals surface area contributed by atoms with Gasteiger partial charge in [-0.2, -0.15) is 0 Å². The zero-order valence-electron chi connectivity index (χ0n) is 13.5. The molecule has 0 aromatic carbocycles. The van der Waals surface area contributed by atoms with Crippen LogP contribution in [0.5, 0.6) is 0 Å². The Bertz CT molecular complexity index is 311. The molecule has 1 atom stereocenters. The summed E-state index contributed by atoms with van der Waals surface area (Å²) in [5, 5.41) is 5.88. The molecule has 4 heteroatoms. The summed E-state index contributed by atoms with van der Waals surface area (Å²) in [5.74, 6) is -0.173. The number of nitrogens with one attached hydrogen (secondary N) is 2. The molecule has 0 spiro atoms. The topological polar surface area (TPSA) is 58.2 Å². The lowest BCUT2D eigenvalue weighted by Gasteiger charge is -2.31. The van der Waals surface area contributed by atoms with Crippen LogP contribution in [-0.4, -0.2) is 31.8 Å². The van der Waals surface area contributed by atoms with E-state index in [0.717, 1.165) is 6.54 Å². The van der Waals surface area contributed by atoms with Gasteiger partial charge in [0.2, 0.25) is 5.91 Å². The first kappa shape index (κ1) is 18.1. The highest BCUT2D eigenvalue weighted by atomic mass is 16.2. The van der Waals surface area contributed by atoms with Gasteiger partial charge in [0.15, 0.2) is 0 Å². The van der Waals surface area contributed by atoms with Gasteiger partial charge in [-0.15, -0.1) is 0 Å². The molecule has 1 amide bonds. The third-order valence-corrected chi connectivity index (χ3v) is 3.26. The Kier molecular flexibility index (Phi) is 6.70. The van der Waals surface area contributed by atoms with E-state index in [-0.39, 0.29) is 23.0 Å². The third-order valence-electron chi connectivity index (χ3n) is 3.26. The largest absolute Gasteiger partial charge is 0.355 e. The average Bonchev–Trinajstić information content (AvgIpc) is 2.22. The van der Waals surface area contributed by atoms with Crippen LogP contribution in [-0.2, 0) is 9.59 Å². The van der Waals surface area contributed by atoms with Gasteiger partial charge in [-0.05, 0) is 12.5 Å². The molecule has 0 aromatic rings. The zero-order valence-corrected chi connectivity index (χ0v) is 13.5.